The second kappa shape index (κ2) is 7.09. The van der Waals surface area contributed by atoms with Crippen LogP contribution in [0.15, 0.2) is 18.2 Å². The van der Waals surface area contributed by atoms with Crippen molar-refractivity contribution in [2.45, 2.75) is 32.1 Å². The Labute approximate surface area is 131 Å². The molecular formula is C17H24FNO3. The van der Waals surface area contributed by atoms with Crippen molar-refractivity contribution in [2.24, 2.45) is 0 Å². The Morgan fingerprint density at radius 1 is 1.36 bits per heavy atom. The van der Waals surface area contributed by atoms with Crippen LogP contribution in [0.4, 0.5) is 4.39 Å². The van der Waals surface area contributed by atoms with Crippen LogP contribution in [-0.4, -0.2) is 44.2 Å². The van der Waals surface area contributed by atoms with E-state index in [-0.39, 0.29) is 17.1 Å². The fourth-order valence-corrected chi connectivity index (χ4v) is 2.73. The van der Waals surface area contributed by atoms with Crippen LogP contribution >= 0.6 is 0 Å². The van der Waals surface area contributed by atoms with Gasteiger partial charge in [0.1, 0.15) is 11.6 Å². The summed E-state index contributed by atoms with van der Waals surface area (Å²) in [4.78, 5) is 14.1. The van der Waals surface area contributed by atoms with Crippen molar-refractivity contribution >= 4 is 5.91 Å². The molecule has 2 rings (SSSR count). The number of amides is 1. The van der Waals surface area contributed by atoms with Crippen molar-refractivity contribution < 1.29 is 18.7 Å². The lowest BCUT2D eigenvalue weighted by atomic mass is 9.79. The second-order valence-electron chi connectivity index (χ2n) is 6.22. The van der Waals surface area contributed by atoms with E-state index in [9.17, 15) is 9.18 Å². The summed E-state index contributed by atoms with van der Waals surface area (Å²) in [5, 5.41) is 0. The first-order valence-corrected chi connectivity index (χ1v) is 7.63. The van der Waals surface area contributed by atoms with Gasteiger partial charge in [0.15, 0.2) is 0 Å². The molecule has 0 radical (unpaired) electrons. The van der Waals surface area contributed by atoms with Crippen LogP contribution in [-0.2, 0) is 14.9 Å². The van der Waals surface area contributed by atoms with Gasteiger partial charge >= 0.3 is 0 Å². The number of morpholine rings is 1. The van der Waals surface area contributed by atoms with E-state index in [2.05, 4.69) is 0 Å². The van der Waals surface area contributed by atoms with Gasteiger partial charge in [0.2, 0.25) is 5.91 Å². The lowest BCUT2D eigenvalue weighted by Crippen LogP contribution is -2.41. The highest BCUT2D eigenvalue weighted by molar-refractivity contribution is 5.76. The summed E-state index contributed by atoms with van der Waals surface area (Å²) in [6.45, 7) is 6.54. The normalized spacial score (nSPS) is 15.7. The van der Waals surface area contributed by atoms with Crippen LogP contribution < -0.4 is 4.74 Å². The van der Waals surface area contributed by atoms with Gasteiger partial charge in [-0.2, -0.15) is 0 Å². The number of hydrogen-bond donors (Lipinski definition) is 0. The largest absolute Gasteiger partial charge is 0.496 e. The second-order valence-corrected chi connectivity index (χ2v) is 6.22. The highest BCUT2D eigenvalue weighted by atomic mass is 19.1. The van der Waals surface area contributed by atoms with Crippen LogP contribution in [0.2, 0.25) is 0 Å². The molecule has 1 heterocycles. The van der Waals surface area contributed by atoms with Gasteiger partial charge in [-0.05, 0) is 30.0 Å². The molecule has 1 fully saturated rings. The topological polar surface area (TPSA) is 38.8 Å². The number of carbonyl (C=O) groups excluding carboxylic acids is 1. The van der Waals surface area contributed by atoms with Gasteiger partial charge in [-0.25, -0.2) is 4.39 Å². The Morgan fingerprint density at radius 3 is 2.68 bits per heavy atom. The lowest BCUT2D eigenvalue weighted by Gasteiger charge is -2.30. The molecule has 5 heteroatoms. The quantitative estimate of drug-likeness (QED) is 0.839. The standard InChI is InChI=1S/C17H24FNO3/c1-17(2,14-12-13(18)4-5-15(14)21-3)7-6-16(20)19-8-10-22-11-9-19/h4-5,12H,6-11H2,1-3H3. The van der Waals surface area contributed by atoms with E-state index in [0.717, 1.165) is 5.56 Å². The molecule has 0 aromatic heterocycles. The third kappa shape index (κ3) is 3.97. The Hall–Kier alpha value is -1.62. The molecule has 0 saturated carbocycles. The molecule has 1 aliphatic rings. The number of benzene rings is 1. The predicted molar refractivity (Wildman–Crippen MR) is 82.6 cm³/mol. The van der Waals surface area contributed by atoms with Crippen LogP contribution in [0.25, 0.3) is 0 Å². The molecule has 22 heavy (non-hydrogen) atoms. The molecule has 4 nitrogen and oxygen atoms in total. The van der Waals surface area contributed by atoms with Crippen molar-refractivity contribution in [1.82, 2.24) is 4.90 Å². The van der Waals surface area contributed by atoms with Crippen molar-refractivity contribution in [2.75, 3.05) is 33.4 Å². The number of carbonyl (C=O) groups is 1. The molecule has 1 amide bonds. The molecule has 1 saturated heterocycles. The molecule has 0 spiro atoms. The molecular weight excluding hydrogens is 285 g/mol. The van der Waals surface area contributed by atoms with E-state index >= 15 is 0 Å². The third-order valence-corrected chi connectivity index (χ3v) is 4.22. The maximum Gasteiger partial charge on any atom is 0.222 e. The lowest BCUT2D eigenvalue weighted by molar-refractivity contribution is -0.135. The number of hydrogen-bond acceptors (Lipinski definition) is 3. The Bertz CT molecular complexity index is 525. The zero-order valence-corrected chi connectivity index (χ0v) is 13.5. The highest BCUT2D eigenvalue weighted by Gasteiger charge is 2.27. The number of halogens is 1. The van der Waals surface area contributed by atoms with E-state index < -0.39 is 0 Å². The van der Waals surface area contributed by atoms with Crippen molar-refractivity contribution in [3.05, 3.63) is 29.6 Å². The molecule has 1 aromatic carbocycles. The summed E-state index contributed by atoms with van der Waals surface area (Å²) in [6, 6.07) is 4.52. The minimum absolute atomic E-state index is 0.131. The molecule has 0 aliphatic carbocycles. The van der Waals surface area contributed by atoms with Gasteiger partial charge in [-0.3, -0.25) is 4.79 Å². The van der Waals surface area contributed by atoms with Crippen molar-refractivity contribution in [3.8, 4) is 5.75 Å². The summed E-state index contributed by atoms with van der Waals surface area (Å²) in [7, 11) is 1.58. The van der Waals surface area contributed by atoms with Gasteiger partial charge in [-0.1, -0.05) is 13.8 Å². The van der Waals surface area contributed by atoms with Crippen LogP contribution in [0.5, 0.6) is 5.75 Å². The maximum absolute atomic E-state index is 13.6. The molecule has 0 bridgehead atoms. The Kier molecular flexibility index (Phi) is 5.40. The van der Waals surface area contributed by atoms with Crippen LogP contribution in [0, 0.1) is 5.82 Å². The summed E-state index contributed by atoms with van der Waals surface area (Å²) in [5.74, 6) is 0.500. The summed E-state index contributed by atoms with van der Waals surface area (Å²) in [5.41, 5.74) is 0.458. The van der Waals surface area contributed by atoms with E-state index in [4.69, 9.17) is 9.47 Å². The molecule has 0 unspecified atom stereocenters. The minimum atomic E-state index is -0.338. The first-order valence-electron chi connectivity index (χ1n) is 7.63. The number of ether oxygens (including phenoxy) is 2. The molecule has 1 aliphatic heterocycles. The maximum atomic E-state index is 13.6. The van der Waals surface area contributed by atoms with E-state index in [0.29, 0.717) is 44.9 Å². The number of nitrogens with zero attached hydrogens (tertiary/aromatic N) is 1. The number of rotatable bonds is 5. The van der Waals surface area contributed by atoms with E-state index in [1.54, 1.807) is 13.2 Å². The summed E-state index contributed by atoms with van der Waals surface area (Å²) >= 11 is 0. The van der Waals surface area contributed by atoms with Crippen molar-refractivity contribution in [1.29, 1.82) is 0 Å². The predicted octanol–water partition coefficient (Wildman–Crippen LogP) is 2.75. The fourth-order valence-electron chi connectivity index (χ4n) is 2.73. The van der Waals surface area contributed by atoms with Gasteiger partial charge in [-0.15, -0.1) is 0 Å². The SMILES string of the molecule is COc1ccc(F)cc1C(C)(C)CCC(=O)N1CCOCC1. The number of methoxy groups -OCH3 is 1. The Morgan fingerprint density at radius 2 is 2.05 bits per heavy atom. The first-order chi connectivity index (χ1) is 10.4. The van der Waals surface area contributed by atoms with E-state index in [1.165, 1.54) is 12.1 Å². The monoisotopic (exact) mass is 309 g/mol. The first kappa shape index (κ1) is 16.7. The minimum Gasteiger partial charge on any atom is -0.496 e. The van der Waals surface area contributed by atoms with E-state index in [1.807, 2.05) is 18.7 Å². The Balaban J connectivity index is 2.04. The average Bonchev–Trinajstić information content (AvgIpc) is 2.53. The van der Waals surface area contributed by atoms with Gasteiger partial charge < -0.3 is 14.4 Å². The fraction of sp³-hybridized carbons (Fsp3) is 0.588. The van der Waals surface area contributed by atoms with Gasteiger partial charge in [0.25, 0.3) is 0 Å². The molecule has 0 atom stereocenters. The van der Waals surface area contributed by atoms with Crippen LogP contribution in [0.3, 0.4) is 0 Å². The molecule has 122 valence electrons. The summed E-state index contributed by atoms with van der Waals surface area (Å²) in [6.07, 6.45) is 1.08. The zero-order chi connectivity index (χ0) is 16.2. The zero-order valence-electron chi connectivity index (χ0n) is 13.5. The summed E-state index contributed by atoms with van der Waals surface area (Å²) < 4.78 is 24.1. The van der Waals surface area contributed by atoms with Gasteiger partial charge in [0.05, 0.1) is 20.3 Å². The smallest absolute Gasteiger partial charge is 0.222 e. The molecule has 0 N–H and O–H groups in total. The van der Waals surface area contributed by atoms with Gasteiger partial charge in [0, 0.05) is 25.1 Å². The molecule has 1 aromatic rings. The third-order valence-electron chi connectivity index (χ3n) is 4.22. The average molecular weight is 309 g/mol. The van der Waals surface area contributed by atoms with Crippen molar-refractivity contribution in [3.63, 3.8) is 0 Å². The highest BCUT2D eigenvalue weighted by Crippen LogP contribution is 2.35. The van der Waals surface area contributed by atoms with Crippen LogP contribution in [0.1, 0.15) is 32.3 Å².